The van der Waals surface area contributed by atoms with Gasteiger partial charge in [0.25, 0.3) is 0 Å². The summed E-state index contributed by atoms with van der Waals surface area (Å²) in [5.41, 5.74) is 0.744. The monoisotopic (exact) mass is 337 g/mol. The molecule has 2 N–H and O–H groups in total. The van der Waals surface area contributed by atoms with Gasteiger partial charge in [-0.25, -0.2) is 17.5 Å². The van der Waals surface area contributed by atoms with Crippen molar-refractivity contribution in [3.05, 3.63) is 71.0 Å². The fraction of sp³-hybridized carbons (Fsp3) is 0.294. The maximum absolute atomic E-state index is 12.9. The lowest BCUT2D eigenvalue weighted by Crippen LogP contribution is -2.39. The second-order valence-corrected chi connectivity index (χ2v) is 7.65. The Hall–Kier alpha value is -1.76. The first kappa shape index (κ1) is 17.6. The van der Waals surface area contributed by atoms with Crippen molar-refractivity contribution in [2.45, 2.75) is 25.2 Å². The molecule has 0 bridgehead atoms. The zero-order valence-electron chi connectivity index (χ0n) is 13.1. The quantitative estimate of drug-likeness (QED) is 0.851. The van der Waals surface area contributed by atoms with E-state index in [4.69, 9.17) is 0 Å². The summed E-state index contributed by atoms with van der Waals surface area (Å²) >= 11 is 0. The normalized spacial score (nSPS) is 14.4. The molecule has 0 heterocycles. The Balaban J connectivity index is 2.03. The number of nitrogens with one attached hydrogen (secondary N) is 1. The van der Waals surface area contributed by atoms with E-state index in [1.165, 1.54) is 31.2 Å². The third-order valence-corrected chi connectivity index (χ3v) is 4.88. The zero-order chi connectivity index (χ0) is 17.1. The van der Waals surface area contributed by atoms with Crippen LogP contribution in [0.3, 0.4) is 0 Å². The van der Waals surface area contributed by atoms with Crippen LogP contribution in [0.1, 0.15) is 23.6 Å². The van der Waals surface area contributed by atoms with Gasteiger partial charge >= 0.3 is 0 Å². The lowest BCUT2D eigenvalue weighted by atomic mass is 9.96. The molecule has 1 unspecified atom stereocenters. The van der Waals surface area contributed by atoms with Gasteiger partial charge in [0.2, 0.25) is 10.0 Å². The van der Waals surface area contributed by atoms with Crippen LogP contribution in [0.4, 0.5) is 4.39 Å². The second-order valence-electron chi connectivity index (χ2n) is 5.85. The zero-order valence-corrected chi connectivity index (χ0v) is 13.9. The summed E-state index contributed by atoms with van der Waals surface area (Å²) in [7, 11) is -3.58. The molecule has 1 atom stereocenters. The fourth-order valence-corrected chi connectivity index (χ4v) is 3.35. The molecular formula is C17H20FNO3S. The van der Waals surface area contributed by atoms with Crippen LogP contribution in [0.5, 0.6) is 0 Å². The molecular weight excluding hydrogens is 317 g/mol. The standard InChI is InChI=1S/C17H20FNO3S/c1-13-3-5-14(6-4-13)11-23(21,22)19-12-17(2,20)15-7-9-16(18)10-8-15/h3-10,19-20H,11-12H2,1-2H3. The predicted molar refractivity (Wildman–Crippen MR) is 87.8 cm³/mol. The number of aryl methyl sites for hydroxylation is 1. The Morgan fingerprint density at radius 2 is 1.65 bits per heavy atom. The van der Waals surface area contributed by atoms with E-state index in [2.05, 4.69) is 4.72 Å². The second kappa shape index (κ2) is 6.78. The number of sulfonamides is 1. The highest BCUT2D eigenvalue weighted by Gasteiger charge is 2.25. The van der Waals surface area contributed by atoms with Crippen LogP contribution in [0, 0.1) is 12.7 Å². The van der Waals surface area contributed by atoms with Crippen molar-refractivity contribution in [1.82, 2.24) is 4.72 Å². The van der Waals surface area contributed by atoms with E-state index < -0.39 is 21.4 Å². The summed E-state index contributed by atoms with van der Waals surface area (Å²) in [6.07, 6.45) is 0. The van der Waals surface area contributed by atoms with E-state index in [1.807, 2.05) is 19.1 Å². The van der Waals surface area contributed by atoms with Crippen molar-refractivity contribution in [1.29, 1.82) is 0 Å². The maximum atomic E-state index is 12.9. The van der Waals surface area contributed by atoms with E-state index >= 15 is 0 Å². The highest BCUT2D eigenvalue weighted by Crippen LogP contribution is 2.20. The van der Waals surface area contributed by atoms with E-state index in [9.17, 15) is 17.9 Å². The highest BCUT2D eigenvalue weighted by atomic mass is 32.2. The van der Waals surface area contributed by atoms with Gasteiger partial charge in [0.1, 0.15) is 11.4 Å². The van der Waals surface area contributed by atoms with Crippen molar-refractivity contribution in [3.63, 3.8) is 0 Å². The molecule has 0 amide bonds. The predicted octanol–water partition coefficient (Wildman–Crippen LogP) is 2.46. The fourth-order valence-electron chi connectivity index (χ4n) is 2.12. The molecule has 0 fully saturated rings. The first-order chi connectivity index (χ1) is 10.7. The molecule has 0 saturated carbocycles. The van der Waals surface area contributed by atoms with E-state index in [0.717, 1.165) is 5.56 Å². The molecule has 0 radical (unpaired) electrons. The Morgan fingerprint density at radius 3 is 2.22 bits per heavy atom. The molecule has 0 saturated heterocycles. The molecule has 0 spiro atoms. The molecule has 2 aromatic carbocycles. The number of hydrogen-bond donors (Lipinski definition) is 2. The van der Waals surface area contributed by atoms with Gasteiger partial charge in [0, 0.05) is 6.54 Å². The van der Waals surface area contributed by atoms with Gasteiger partial charge in [-0.05, 0) is 37.1 Å². The lowest BCUT2D eigenvalue weighted by Gasteiger charge is -2.24. The molecule has 0 aliphatic rings. The summed E-state index contributed by atoms with van der Waals surface area (Å²) in [5, 5.41) is 10.4. The molecule has 124 valence electrons. The molecule has 2 aromatic rings. The number of benzene rings is 2. The number of aliphatic hydroxyl groups is 1. The first-order valence-electron chi connectivity index (χ1n) is 7.19. The van der Waals surface area contributed by atoms with Crippen molar-refractivity contribution in [2.75, 3.05) is 6.54 Å². The molecule has 2 rings (SSSR count). The lowest BCUT2D eigenvalue weighted by molar-refractivity contribution is 0.0627. The summed E-state index contributed by atoms with van der Waals surface area (Å²) < 4.78 is 39.6. The van der Waals surface area contributed by atoms with Crippen molar-refractivity contribution < 1.29 is 17.9 Å². The molecule has 0 aliphatic heterocycles. The van der Waals surface area contributed by atoms with E-state index in [0.29, 0.717) is 11.1 Å². The summed E-state index contributed by atoms with van der Waals surface area (Å²) in [6.45, 7) is 3.22. The Morgan fingerprint density at radius 1 is 1.09 bits per heavy atom. The largest absolute Gasteiger partial charge is 0.384 e. The SMILES string of the molecule is Cc1ccc(CS(=O)(=O)NCC(C)(O)c2ccc(F)cc2)cc1. The molecule has 0 aromatic heterocycles. The van der Waals surface area contributed by atoms with E-state index in [-0.39, 0.29) is 12.3 Å². The van der Waals surface area contributed by atoms with Crippen molar-refractivity contribution >= 4 is 10.0 Å². The molecule has 6 heteroatoms. The minimum absolute atomic E-state index is 0.160. The average Bonchev–Trinajstić information content (AvgIpc) is 2.48. The van der Waals surface area contributed by atoms with Gasteiger partial charge in [-0.2, -0.15) is 0 Å². The number of rotatable bonds is 6. The molecule has 23 heavy (non-hydrogen) atoms. The minimum atomic E-state index is -3.58. The number of hydrogen-bond acceptors (Lipinski definition) is 3. The van der Waals surface area contributed by atoms with Crippen LogP contribution < -0.4 is 4.72 Å². The van der Waals surface area contributed by atoms with Crippen LogP contribution in [0.2, 0.25) is 0 Å². The van der Waals surface area contributed by atoms with Gasteiger partial charge < -0.3 is 5.11 Å². The minimum Gasteiger partial charge on any atom is -0.384 e. The summed E-state index contributed by atoms with van der Waals surface area (Å²) in [6, 6.07) is 12.5. The summed E-state index contributed by atoms with van der Waals surface area (Å²) in [5.74, 6) is -0.572. The van der Waals surface area contributed by atoms with Gasteiger partial charge in [0.05, 0.1) is 5.75 Å². The molecule has 4 nitrogen and oxygen atoms in total. The summed E-state index contributed by atoms with van der Waals surface area (Å²) in [4.78, 5) is 0. The van der Waals surface area contributed by atoms with Crippen LogP contribution in [-0.4, -0.2) is 20.1 Å². The number of halogens is 1. The van der Waals surface area contributed by atoms with Gasteiger partial charge in [-0.3, -0.25) is 0 Å². The van der Waals surface area contributed by atoms with Crippen LogP contribution in [0.15, 0.2) is 48.5 Å². The average molecular weight is 337 g/mol. The van der Waals surface area contributed by atoms with Gasteiger partial charge in [0.15, 0.2) is 0 Å². The van der Waals surface area contributed by atoms with Crippen molar-refractivity contribution in [3.8, 4) is 0 Å². The topological polar surface area (TPSA) is 66.4 Å². The first-order valence-corrected chi connectivity index (χ1v) is 8.84. The van der Waals surface area contributed by atoms with Crippen molar-refractivity contribution in [2.24, 2.45) is 0 Å². The smallest absolute Gasteiger partial charge is 0.215 e. The Kier molecular flexibility index (Phi) is 5.19. The van der Waals surface area contributed by atoms with Crippen LogP contribution in [-0.2, 0) is 21.4 Å². The van der Waals surface area contributed by atoms with Gasteiger partial charge in [-0.15, -0.1) is 0 Å². The van der Waals surface area contributed by atoms with Crippen LogP contribution >= 0.6 is 0 Å². The molecule has 0 aliphatic carbocycles. The third-order valence-electron chi connectivity index (χ3n) is 3.58. The Labute approximate surface area is 136 Å². The maximum Gasteiger partial charge on any atom is 0.215 e. The van der Waals surface area contributed by atoms with Gasteiger partial charge in [-0.1, -0.05) is 42.0 Å². The third kappa shape index (κ3) is 5.13. The van der Waals surface area contributed by atoms with E-state index in [1.54, 1.807) is 12.1 Å². The highest BCUT2D eigenvalue weighted by molar-refractivity contribution is 7.88. The Bertz CT molecular complexity index is 753. The van der Waals surface area contributed by atoms with Crippen LogP contribution in [0.25, 0.3) is 0 Å².